The second-order valence-corrected chi connectivity index (χ2v) is 4.71. The van der Waals surface area contributed by atoms with Gasteiger partial charge in [0.15, 0.2) is 0 Å². The van der Waals surface area contributed by atoms with Crippen molar-refractivity contribution in [3.63, 3.8) is 0 Å². The summed E-state index contributed by atoms with van der Waals surface area (Å²) in [6.45, 7) is 1.41. The number of carbonyl (C=O) groups excluding carboxylic acids is 1. The quantitative estimate of drug-likeness (QED) is 0.470. The molecule has 0 N–H and O–H groups in total. The van der Waals surface area contributed by atoms with Crippen LogP contribution < -0.4 is 40.1 Å². The molecule has 2 heterocycles. The number of aliphatic carboxylic acids is 1. The largest absolute Gasteiger partial charge is 1.00 e. The number of carboxylic acids is 1. The Hall–Kier alpha value is -1.63. The van der Waals surface area contributed by atoms with Crippen LogP contribution in [-0.2, 0) is 18.4 Å². The van der Waals surface area contributed by atoms with E-state index in [4.69, 9.17) is 0 Å². The number of hydrogen-bond donors (Lipinski definition) is 0. The molecule has 0 aliphatic rings. The van der Waals surface area contributed by atoms with Gasteiger partial charge in [0.1, 0.15) is 5.65 Å². The van der Waals surface area contributed by atoms with Gasteiger partial charge in [-0.25, -0.2) is 0 Å². The fourth-order valence-corrected chi connectivity index (χ4v) is 2.66. The van der Waals surface area contributed by atoms with E-state index in [0.717, 1.165) is 0 Å². The summed E-state index contributed by atoms with van der Waals surface area (Å²) in [5.41, 5.74) is 1.52. The van der Waals surface area contributed by atoms with Crippen LogP contribution in [-0.4, -0.2) is 20.3 Å². The molecule has 102 valence electrons. The fraction of sp³-hybridized carbons (Fsp3) is 0.214. The zero-order valence-corrected chi connectivity index (χ0v) is 14.1. The Bertz CT molecular complexity index is 911. The number of hydrogen-bond acceptors (Lipinski definition) is 4. The van der Waals surface area contributed by atoms with Crippen LogP contribution in [0.25, 0.3) is 21.9 Å². The molecule has 3 aromatic rings. The van der Waals surface area contributed by atoms with Crippen LogP contribution in [0.4, 0.5) is 0 Å². The van der Waals surface area contributed by atoms with Gasteiger partial charge in [-0.2, -0.15) is 5.10 Å². The average Bonchev–Trinajstić information content (AvgIpc) is 2.69. The molecule has 2 aromatic heterocycles. The molecule has 7 heteroatoms. The smallest absolute Gasteiger partial charge is 0.548 e. The zero-order chi connectivity index (χ0) is 14.4. The van der Waals surface area contributed by atoms with Crippen LogP contribution in [0.1, 0.15) is 5.69 Å². The third kappa shape index (κ3) is 2.39. The SMILES string of the molecule is Cc1nn(C)c2c1c(=O)c1ccccc1n2CC(=O)[O-].[Na+]. The molecule has 21 heavy (non-hydrogen) atoms. The molecular formula is C14H12N3NaO3. The first kappa shape index (κ1) is 15.8. The van der Waals surface area contributed by atoms with Crippen LogP contribution >= 0.6 is 0 Å². The van der Waals surface area contributed by atoms with Gasteiger partial charge in [-0.15, -0.1) is 0 Å². The molecule has 1 aromatic carbocycles. The fourth-order valence-electron chi connectivity index (χ4n) is 2.66. The Balaban J connectivity index is 0.00000161. The predicted octanol–water partition coefficient (Wildman–Crippen LogP) is -3.05. The number of para-hydroxylation sites is 1. The first-order valence-corrected chi connectivity index (χ1v) is 6.15. The molecule has 3 rings (SSSR count). The Labute approximate surface area is 142 Å². The van der Waals surface area contributed by atoms with Crippen LogP contribution in [0.3, 0.4) is 0 Å². The van der Waals surface area contributed by atoms with E-state index in [1.54, 1.807) is 42.8 Å². The van der Waals surface area contributed by atoms with Crippen LogP contribution in [0.15, 0.2) is 29.1 Å². The van der Waals surface area contributed by atoms with Crippen molar-refractivity contribution in [3.8, 4) is 0 Å². The number of carboxylic acid groups (broad SMARTS) is 1. The summed E-state index contributed by atoms with van der Waals surface area (Å²) in [7, 11) is 1.69. The third-order valence-corrected chi connectivity index (χ3v) is 3.40. The van der Waals surface area contributed by atoms with Crippen molar-refractivity contribution < 1.29 is 39.5 Å². The molecular weight excluding hydrogens is 281 g/mol. The van der Waals surface area contributed by atoms with Gasteiger partial charge in [0.25, 0.3) is 0 Å². The first-order valence-electron chi connectivity index (χ1n) is 6.15. The molecule has 0 saturated heterocycles. The normalized spacial score (nSPS) is 10.8. The standard InChI is InChI=1S/C14H13N3O3.Na/c1-8-12-13(20)9-5-3-4-6-10(9)17(7-11(18)19)14(12)16(2)15-8;/h3-6H,7H2,1-2H3,(H,18,19);/q;+1/p-1. The Morgan fingerprint density at radius 2 is 2.00 bits per heavy atom. The minimum Gasteiger partial charge on any atom is -0.548 e. The molecule has 0 radical (unpaired) electrons. The van der Waals surface area contributed by atoms with Crippen molar-refractivity contribution in [1.82, 2.24) is 14.3 Å². The minimum atomic E-state index is -1.21. The number of aromatic nitrogens is 3. The molecule has 0 fully saturated rings. The molecule has 6 nitrogen and oxygen atoms in total. The van der Waals surface area contributed by atoms with E-state index in [1.165, 1.54) is 4.68 Å². The summed E-state index contributed by atoms with van der Waals surface area (Å²) in [4.78, 5) is 23.5. The summed E-state index contributed by atoms with van der Waals surface area (Å²) in [6.07, 6.45) is 0. The summed E-state index contributed by atoms with van der Waals surface area (Å²) in [5, 5.41) is 16.2. The number of rotatable bonds is 2. The van der Waals surface area contributed by atoms with Crippen molar-refractivity contribution in [3.05, 3.63) is 40.2 Å². The molecule has 0 amide bonds. The summed E-state index contributed by atoms with van der Waals surface area (Å²) in [6, 6.07) is 6.93. The molecule has 0 bridgehead atoms. The van der Waals surface area contributed by atoms with Crippen molar-refractivity contribution in [2.45, 2.75) is 13.5 Å². The van der Waals surface area contributed by atoms with Gasteiger partial charge in [0, 0.05) is 12.4 Å². The van der Waals surface area contributed by atoms with E-state index in [9.17, 15) is 14.7 Å². The Kier molecular flexibility index (Phi) is 4.22. The average molecular weight is 293 g/mol. The van der Waals surface area contributed by atoms with E-state index in [0.29, 0.717) is 27.6 Å². The van der Waals surface area contributed by atoms with Gasteiger partial charge in [-0.05, 0) is 19.1 Å². The van der Waals surface area contributed by atoms with Crippen molar-refractivity contribution in [2.24, 2.45) is 7.05 Å². The van der Waals surface area contributed by atoms with E-state index in [2.05, 4.69) is 5.10 Å². The number of benzene rings is 1. The molecule has 0 unspecified atom stereocenters. The maximum absolute atomic E-state index is 12.5. The van der Waals surface area contributed by atoms with Gasteiger partial charge in [0.2, 0.25) is 5.43 Å². The van der Waals surface area contributed by atoms with Crippen molar-refractivity contribution >= 4 is 27.9 Å². The maximum Gasteiger partial charge on any atom is 1.00 e. The van der Waals surface area contributed by atoms with E-state index < -0.39 is 5.97 Å². The van der Waals surface area contributed by atoms with Gasteiger partial charge in [0.05, 0.1) is 29.1 Å². The van der Waals surface area contributed by atoms with Crippen LogP contribution in [0.5, 0.6) is 0 Å². The zero-order valence-electron chi connectivity index (χ0n) is 12.1. The predicted molar refractivity (Wildman–Crippen MR) is 72.2 cm³/mol. The van der Waals surface area contributed by atoms with Crippen molar-refractivity contribution in [1.29, 1.82) is 0 Å². The number of carbonyl (C=O) groups is 1. The summed E-state index contributed by atoms with van der Waals surface area (Å²) < 4.78 is 3.09. The summed E-state index contributed by atoms with van der Waals surface area (Å²) >= 11 is 0. The monoisotopic (exact) mass is 293 g/mol. The third-order valence-electron chi connectivity index (χ3n) is 3.40. The van der Waals surface area contributed by atoms with Gasteiger partial charge in [-0.1, -0.05) is 12.1 Å². The second kappa shape index (κ2) is 5.63. The number of fused-ring (bicyclic) bond motifs is 2. The topological polar surface area (TPSA) is 80.0 Å². The van der Waals surface area contributed by atoms with Crippen LogP contribution in [0, 0.1) is 6.92 Å². The van der Waals surface area contributed by atoms with Crippen LogP contribution in [0.2, 0.25) is 0 Å². The van der Waals surface area contributed by atoms with E-state index in [-0.39, 0.29) is 41.5 Å². The van der Waals surface area contributed by atoms with E-state index >= 15 is 0 Å². The minimum absolute atomic E-state index is 0. The molecule has 0 saturated carbocycles. The Morgan fingerprint density at radius 1 is 1.33 bits per heavy atom. The van der Waals surface area contributed by atoms with E-state index in [1.807, 2.05) is 0 Å². The molecule has 0 aliphatic carbocycles. The van der Waals surface area contributed by atoms with Crippen molar-refractivity contribution in [2.75, 3.05) is 0 Å². The maximum atomic E-state index is 12.5. The second-order valence-electron chi connectivity index (χ2n) is 4.71. The molecule has 0 spiro atoms. The molecule has 0 aliphatic heterocycles. The first-order chi connectivity index (χ1) is 9.50. The van der Waals surface area contributed by atoms with Gasteiger partial charge in [-0.3, -0.25) is 9.48 Å². The number of pyridine rings is 1. The molecule has 0 atom stereocenters. The Morgan fingerprint density at radius 3 is 2.67 bits per heavy atom. The number of nitrogens with zero attached hydrogens (tertiary/aromatic N) is 3. The number of aryl methyl sites for hydroxylation is 2. The summed E-state index contributed by atoms with van der Waals surface area (Å²) in [5.74, 6) is -1.21. The van der Waals surface area contributed by atoms with Gasteiger partial charge < -0.3 is 14.5 Å². The van der Waals surface area contributed by atoms with Gasteiger partial charge >= 0.3 is 29.6 Å².